The molecule has 0 aliphatic carbocycles. The second-order valence-corrected chi connectivity index (χ2v) is 5.18. The van der Waals surface area contributed by atoms with Gasteiger partial charge in [-0.25, -0.2) is 0 Å². The van der Waals surface area contributed by atoms with Crippen LogP contribution in [0.4, 0.5) is 5.69 Å². The minimum absolute atomic E-state index is 0.0543. The van der Waals surface area contributed by atoms with Crippen LogP contribution in [0.5, 0.6) is 0 Å². The molecular weight excluding hydrogens is 246 g/mol. The van der Waals surface area contributed by atoms with Crippen molar-refractivity contribution in [3.63, 3.8) is 0 Å². The van der Waals surface area contributed by atoms with Gasteiger partial charge in [0.05, 0.1) is 0 Å². The van der Waals surface area contributed by atoms with E-state index in [9.17, 15) is 4.79 Å². The Morgan fingerprint density at radius 3 is 2.10 bits per heavy atom. The molecule has 2 aromatic carbocycles. The van der Waals surface area contributed by atoms with Gasteiger partial charge in [0.1, 0.15) is 0 Å². The number of carbonyl (C=O) groups excluding carboxylic acids is 1. The third-order valence-corrected chi connectivity index (χ3v) is 3.59. The fourth-order valence-electron chi connectivity index (χ4n) is 2.38. The van der Waals surface area contributed by atoms with Gasteiger partial charge in [-0.15, -0.1) is 0 Å². The quantitative estimate of drug-likeness (QED) is 0.759. The summed E-state index contributed by atoms with van der Waals surface area (Å²) in [5.74, 6) is 0.144. The number of ketones is 1. The number of nitrogens with zero attached hydrogens (tertiary/aromatic N) is 1. The van der Waals surface area contributed by atoms with Gasteiger partial charge in [0, 0.05) is 31.3 Å². The summed E-state index contributed by atoms with van der Waals surface area (Å²) in [6, 6.07) is 17.8. The van der Waals surface area contributed by atoms with Gasteiger partial charge in [0.2, 0.25) is 0 Å². The van der Waals surface area contributed by atoms with E-state index in [0.29, 0.717) is 0 Å². The molecular formula is C18H21NO. The Bertz CT molecular complexity index is 558. The number of rotatable bonds is 5. The summed E-state index contributed by atoms with van der Waals surface area (Å²) in [5.41, 5.74) is 2.98. The number of benzene rings is 2. The van der Waals surface area contributed by atoms with Gasteiger partial charge in [-0.05, 0) is 36.2 Å². The lowest BCUT2D eigenvalue weighted by atomic mass is 9.88. The summed E-state index contributed by atoms with van der Waals surface area (Å²) in [7, 11) is 3.99. The fourth-order valence-corrected chi connectivity index (χ4v) is 2.38. The van der Waals surface area contributed by atoms with Crippen molar-refractivity contribution in [3.8, 4) is 0 Å². The molecule has 0 spiro atoms. The number of carbonyl (C=O) groups is 1. The van der Waals surface area contributed by atoms with Crippen LogP contribution in [0.15, 0.2) is 54.6 Å². The van der Waals surface area contributed by atoms with Gasteiger partial charge in [-0.3, -0.25) is 4.79 Å². The summed E-state index contributed by atoms with van der Waals surface area (Å²) < 4.78 is 0. The Morgan fingerprint density at radius 1 is 1.00 bits per heavy atom. The highest BCUT2D eigenvalue weighted by Crippen LogP contribution is 2.25. The van der Waals surface area contributed by atoms with Crippen molar-refractivity contribution in [1.29, 1.82) is 0 Å². The summed E-state index contributed by atoms with van der Waals surface area (Å²) in [6.45, 7) is 2.06. The maximum absolute atomic E-state index is 12.6. The first-order chi connectivity index (χ1) is 9.63. The van der Waals surface area contributed by atoms with Crippen molar-refractivity contribution in [2.24, 2.45) is 0 Å². The highest BCUT2D eigenvalue weighted by atomic mass is 16.1. The predicted octanol–water partition coefficient (Wildman–Crippen LogP) is 4.13. The molecule has 2 nitrogen and oxygen atoms in total. The number of hydrogen-bond donors (Lipinski definition) is 0. The van der Waals surface area contributed by atoms with Crippen LogP contribution >= 0.6 is 0 Å². The van der Waals surface area contributed by atoms with E-state index >= 15 is 0 Å². The maximum Gasteiger partial charge on any atom is 0.170 e. The Hall–Kier alpha value is -2.09. The lowest BCUT2D eigenvalue weighted by Gasteiger charge is -2.16. The molecule has 0 bridgehead atoms. The van der Waals surface area contributed by atoms with E-state index in [4.69, 9.17) is 0 Å². The van der Waals surface area contributed by atoms with Gasteiger partial charge in [-0.1, -0.05) is 37.3 Å². The highest BCUT2D eigenvalue weighted by Gasteiger charge is 2.19. The zero-order valence-electron chi connectivity index (χ0n) is 12.3. The molecule has 0 aliphatic heterocycles. The van der Waals surface area contributed by atoms with Crippen LogP contribution in [-0.4, -0.2) is 19.9 Å². The third-order valence-electron chi connectivity index (χ3n) is 3.59. The van der Waals surface area contributed by atoms with Crippen molar-refractivity contribution in [2.75, 3.05) is 19.0 Å². The van der Waals surface area contributed by atoms with Crippen molar-refractivity contribution >= 4 is 11.5 Å². The highest BCUT2D eigenvalue weighted by molar-refractivity contribution is 6.01. The van der Waals surface area contributed by atoms with Crippen molar-refractivity contribution in [2.45, 2.75) is 19.3 Å². The summed E-state index contributed by atoms with van der Waals surface area (Å²) in [6.07, 6.45) is 0.818. The van der Waals surface area contributed by atoms with E-state index in [1.54, 1.807) is 0 Å². The average molecular weight is 267 g/mol. The zero-order valence-corrected chi connectivity index (χ0v) is 12.3. The first-order valence-corrected chi connectivity index (χ1v) is 7.00. The molecule has 0 amide bonds. The molecule has 2 rings (SSSR count). The molecule has 2 aromatic rings. The normalized spacial score (nSPS) is 11.9. The van der Waals surface area contributed by atoms with Crippen LogP contribution in [-0.2, 0) is 0 Å². The molecule has 1 atom stereocenters. The van der Waals surface area contributed by atoms with Crippen LogP contribution < -0.4 is 4.90 Å². The second kappa shape index (κ2) is 6.38. The molecule has 0 saturated heterocycles. The first-order valence-electron chi connectivity index (χ1n) is 7.00. The minimum Gasteiger partial charge on any atom is -0.378 e. The monoisotopic (exact) mass is 267 g/mol. The van der Waals surface area contributed by atoms with Crippen LogP contribution in [0, 0.1) is 0 Å². The molecule has 0 heterocycles. The van der Waals surface area contributed by atoms with E-state index in [1.165, 1.54) is 0 Å². The molecule has 20 heavy (non-hydrogen) atoms. The zero-order chi connectivity index (χ0) is 14.5. The minimum atomic E-state index is -0.0543. The summed E-state index contributed by atoms with van der Waals surface area (Å²) in [4.78, 5) is 14.7. The van der Waals surface area contributed by atoms with Crippen LogP contribution in [0.2, 0.25) is 0 Å². The molecule has 0 aliphatic rings. The smallest absolute Gasteiger partial charge is 0.170 e. The van der Waals surface area contributed by atoms with Gasteiger partial charge in [0.15, 0.2) is 5.78 Å². The standard InChI is InChI=1S/C18H21NO/c1-4-17(14-8-6-5-7-9-14)18(20)15-10-12-16(13-11-15)19(2)3/h5-13,17H,4H2,1-3H3. The van der Waals surface area contributed by atoms with Crippen molar-refractivity contribution in [3.05, 3.63) is 65.7 Å². The summed E-state index contributed by atoms with van der Waals surface area (Å²) >= 11 is 0. The number of hydrogen-bond acceptors (Lipinski definition) is 2. The van der Waals surface area contributed by atoms with E-state index in [0.717, 1.165) is 23.2 Å². The molecule has 1 unspecified atom stereocenters. The van der Waals surface area contributed by atoms with Gasteiger partial charge in [-0.2, -0.15) is 0 Å². The lowest BCUT2D eigenvalue weighted by molar-refractivity contribution is 0.0957. The second-order valence-electron chi connectivity index (χ2n) is 5.18. The Morgan fingerprint density at radius 2 is 1.60 bits per heavy atom. The first kappa shape index (κ1) is 14.3. The van der Waals surface area contributed by atoms with E-state index in [1.807, 2.05) is 73.6 Å². The number of Topliss-reactive ketones (excluding diaryl/α,β-unsaturated/α-hetero) is 1. The Kier molecular flexibility index (Phi) is 4.57. The average Bonchev–Trinajstić information content (AvgIpc) is 2.49. The third kappa shape index (κ3) is 3.08. The van der Waals surface area contributed by atoms with E-state index < -0.39 is 0 Å². The van der Waals surface area contributed by atoms with E-state index in [2.05, 4.69) is 6.92 Å². The largest absolute Gasteiger partial charge is 0.378 e. The van der Waals surface area contributed by atoms with Gasteiger partial charge < -0.3 is 4.90 Å². The SMILES string of the molecule is CCC(C(=O)c1ccc(N(C)C)cc1)c1ccccc1. The molecule has 0 fully saturated rings. The topological polar surface area (TPSA) is 20.3 Å². The van der Waals surface area contributed by atoms with Gasteiger partial charge >= 0.3 is 0 Å². The molecule has 0 N–H and O–H groups in total. The van der Waals surface area contributed by atoms with E-state index in [-0.39, 0.29) is 11.7 Å². The van der Waals surface area contributed by atoms with Crippen LogP contribution in [0.1, 0.15) is 35.2 Å². The number of anilines is 1. The van der Waals surface area contributed by atoms with Crippen LogP contribution in [0.25, 0.3) is 0 Å². The summed E-state index contributed by atoms with van der Waals surface area (Å²) in [5, 5.41) is 0. The molecule has 0 saturated carbocycles. The maximum atomic E-state index is 12.6. The fraction of sp³-hybridized carbons (Fsp3) is 0.278. The molecule has 104 valence electrons. The Balaban J connectivity index is 2.25. The lowest BCUT2D eigenvalue weighted by Crippen LogP contribution is -2.13. The van der Waals surface area contributed by atoms with Crippen molar-refractivity contribution in [1.82, 2.24) is 0 Å². The molecule has 0 aromatic heterocycles. The molecule has 0 radical (unpaired) electrons. The predicted molar refractivity (Wildman–Crippen MR) is 84.6 cm³/mol. The Labute approximate surface area is 121 Å². The van der Waals surface area contributed by atoms with Gasteiger partial charge in [0.25, 0.3) is 0 Å². The van der Waals surface area contributed by atoms with Crippen molar-refractivity contribution < 1.29 is 4.79 Å². The molecule has 2 heteroatoms. The van der Waals surface area contributed by atoms with Crippen LogP contribution in [0.3, 0.4) is 0 Å².